The van der Waals surface area contributed by atoms with Crippen LogP contribution in [-0.2, 0) is 6.54 Å². The third-order valence-corrected chi connectivity index (χ3v) is 2.61. The van der Waals surface area contributed by atoms with E-state index >= 15 is 0 Å². The first-order valence-electron chi connectivity index (χ1n) is 5.53. The Morgan fingerprint density at radius 3 is 2.44 bits per heavy atom. The predicted octanol–water partition coefficient (Wildman–Crippen LogP) is 1.62. The normalized spacial score (nSPS) is 10.2. The smallest absolute Gasteiger partial charge is 0.132 e. The van der Waals surface area contributed by atoms with Crippen LogP contribution in [0.3, 0.4) is 0 Å². The molecule has 18 heavy (non-hydrogen) atoms. The lowest BCUT2D eigenvalue weighted by atomic mass is 10.1. The summed E-state index contributed by atoms with van der Waals surface area (Å²) in [4.78, 5) is 0. The Kier molecular flexibility index (Phi) is 3.74. The molecule has 0 aliphatic heterocycles. The van der Waals surface area contributed by atoms with Crippen molar-refractivity contribution in [2.75, 3.05) is 14.2 Å². The van der Waals surface area contributed by atoms with Gasteiger partial charge in [0.1, 0.15) is 11.5 Å². The third kappa shape index (κ3) is 2.41. The van der Waals surface area contributed by atoms with Gasteiger partial charge in [0.25, 0.3) is 0 Å². The second kappa shape index (κ2) is 5.46. The molecule has 2 aromatic rings. The van der Waals surface area contributed by atoms with E-state index in [-0.39, 0.29) is 0 Å². The van der Waals surface area contributed by atoms with Crippen molar-refractivity contribution in [1.29, 1.82) is 0 Å². The Morgan fingerprint density at radius 2 is 1.89 bits per heavy atom. The molecule has 0 aliphatic carbocycles. The Morgan fingerprint density at radius 1 is 1.06 bits per heavy atom. The van der Waals surface area contributed by atoms with Crippen molar-refractivity contribution in [1.82, 2.24) is 10.2 Å². The van der Waals surface area contributed by atoms with Crippen LogP contribution in [-0.4, -0.2) is 24.4 Å². The molecular weight excluding hydrogens is 230 g/mol. The maximum atomic E-state index is 5.49. The average Bonchev–Trinajstić information content (AvgIpc) is 2.46. The highest BCUT2D eigenvalue weighted by Crippen LogP contribution is 2.31. The van der Waals surface area contributed by atoms with Crippen molar-refractivity contribution in [3.8, 4) is 22.8 Å². The van der Waals surface area contributed by atoms with Crippen LogP contribution in [0.5, 0.6) is 11.5 Å². The zero-order valence-electron chi connectivity index (χ0n) is 10.4. The van der Waals surface area contributed by atoms with Crippen LogP contribution in [0, 0.1) is 0 Å². The van der Waals surface area contributed by atoms with Crippen molar-refractivity contribution < 1.29 is 9.47 Å². The topological polar surface area (TPSA) is 70.3 Å². The van der Waals surface area contributed by atoms with Crippen molar-refractivity contribution in [3.05, 3.63) is 36.0 Å². The first-order valence-corrected chi connectivity index (χ1v) is 5.53. The Hall–Kier alpha value is -2.14. The molecule has 0 saturated heterocycles. The largest absolute Gasteiger partial charge is 0.497 e. The average molecular weight is 245 g/mol. The lowest BCUT2D eigenvalue weighted by Crippen LogP contribution is -2.01. The van der Waals surface area contributed by atoms with E-state index in [1.54, 1.807) is 14.2 Å². The van der Waals surface area contributed by atoms with Crippen molar-refractivity contribution in [3.63, 3.8) is 0 Å². The monoisotopic (exact) mass is 245 g/mol. The molecule has 5 nitrogen and oxygen atoms in total. The van der Waals surface area contributed by atoms with Gasteiger partial charge in [-0.1, -0.05) is 0 Å². The molecule has 1 aromatic heterocycles. The maximum absolute atomic E-state index is 5.49. The Labute approximate surface area is 106 Å². The molecule has 94 valence electrons. The van der Waals surface area contributed by atoms with Gasteiger partial charge in [0.2, 0.25) is 0 Å². The van der Waals surface area contributed by atoms with Gasteiger partial charge >= 0.3 is 0 Å². The summed E-state index contributed by atoms with van der Waals surface area (Å²) in [5.74, 6) is 1.44. The van der Waals surface area contributed by atoms with Gasteiger partial charge in [-0.3, -0.25) is 0 Å². The highest BCUT2D eigenvalue weighted by Gasteiger charge is 2.09. The zero-order chi connectivity index (χ0) is 13.0. The minimum Gasteiger partial charge on any atom is -0.497 e. The van der Waals surface area contributed by atoms with E-state index in [0.29, 0.717) is 12.3 Å². The summed E-state index contributed by atoms with van der Waals surface area (Å²) in [6.07, 6.45) is 0. The summed E-state index contributed by atoms with van der Waals surface area (Å²) in [6, 6.07) is 9.29. The zero-order valence-corrected chi connectivity index (χ0v) is 10.4. The lowest BCUT2D eigenvalue weighted by molar-refractivity contribution is 0.395. The van der Waals surface area contributed by atoms with Crippen LogP contribution in [0.4, 0.5) is 0 Å². The molecule has 2 N–H and O–H groups in total. The molecular formula is C13H15N3O2. The molecule has 0 amide bonds. The van der Waals surface area contributed by atoms with Crippen molar-refractivity contribution >= 4 is 0 Å². The summed E-state index contributed by atoms with van der Waals surface area (Å²) >= 11 is 0. The molecule has 2 rings (SSSR count). The van der Waals surface area contributed by atoms with Crippen molar-refractivity contribution in [2.24, 2.45) is 5.73 Å². The molecule has 0 aliphatic rings. The lowest BCUT2D eigenvalue weighted by Gasteiger charge is -2.09. The fraction of sp³-hybridized carbons (Fsp3) is 0.231. The first-order chi connectivity index (χ1) is 8.78. The second-order valence-electron chi connectivity index (χ2n) is 3.68. The van der Waals surface area contributed by atoms with Gasteiger partial charge in [0.05, 0.1) is 25.6 Å². The number of nitrogens with two attached hydrogens (primary N) is 1. The van der Waals surface area contributed by atoms with E-state index in [4.69, 9.17) is 15.2 Å². The summed E-state index contributed by atoms with van der Waals surface area (Å²) in [6.45, 7) is 0.382. The molecule has 0 radical (unpaired) electrons. The van der Waals surface area contributed by atoms with E-state index in [1.165, 1.54) is 0 Å². The number of hydrogen-bond donors (Lipinski definition) is 1. The third-order valence-electron chi connectivity index (χ3n) is 2.61. The SMILES string of the molecule is COc1ccc(-c2ccc(CN)nn2)c(OC)c1. The molecule has 5 heteroatoms. The summed E-state index contributed by atoms with van der Waals surface area (Å²) in [5, 5.41) is 8.16. The number of ether oxygens (including phenoxy) is 2. The van der Waals surface area contributed by atoms with Gasteiger partial charge in [-0.25, -0.2) is 0 Å². The number of aromatic nitrogens is 2. The number of rotatable bonds is 4. The molecule has 0 spiro atoms. The minimum atomic E-state index is 0.382. The Balaban J connectivity index is 2.42. The van der Waals surface area contributed by atoms with Gasteiger partial charge in [-0.15, -0.1) is 0 Å². The molecule has 0 saturated carbocycles. The van der Waals surface area contributed by atoms with E-state index in [2.05, 4.69) is 10.2 Å². The molecule has 0 unspecified atom stereocenters. The number of hydrogen-bond acceptors (Lipinski definition) is 5. The summed E-state index contributed by atoms with van der Waals surface area (Å²) in [7, 11) is 3.23. The summed E-state index contributed by atoms with van der Waals surface area (Å²) < 4.78 is 10.5. The fourth-order valence-corrected chi connectivity index (χ4v) is 1.62. The number of nitrogens with zero attached hydrogens (tertiary/aromatic N) is 2. The van der Waals surface area contributed by atoms with Crippen LogP contribution in [0.2, 0.25) is 0 Å². The van der Waals surface area contributed by atoms with Gasteiger partial charge in [-0.2, -0.15) is 10.2 Å². The fourth-order valence-electron chi connectivity index (χ4n) is 1.62. The van der Waals surface area contributed by atoms with Gasteiger partial charge < -0.3 is 15.2 Å². The molecule has 1 heterocycles. The number of benzene rings is 1. The van der Waals surface area contributed by atoms with Gasteiger partial charge in [0.15, 0.2) is 0 Å². The van der Waals surface area contributed by atoms with Crippen molar-refractivity contribution in [2.45, 2.75) is 6.54 Å². The quantitative estimate of drug-likeness (QED) is 0.886. The van der Waals surface area contributed by atoms with Crippen LogP contribution >= 0.6 is 0 Å². The molecule has 0 atom stereocenters. The van der Waals surface area contributed by atoms with E-state index < -0.39 is 0 Å². The Bertz CT molecular complexity index is 526. The van der Waals surface area contributed by atoms with Crippen LogP contribution in [0.1, 0.15) is 5.69 Å². The van der Waals surface area contributed by atoms with Gasteiger partial charge in [0, 0.05) is 18.2 Å². The highest BCUT2D eigenvalue weighted by atomic mass is 16.5. The highest BCUT2D eigenvalue weighted by molar-refractivity contribution is 5.68. The second-order valence-corrected chi connectivity index (χ2v) is 3.68. The maximum Gasteiger partial charge on any atom is 0.132 e. The number of methoxy groups -OCH3 is 2. The minimum absolute atomic E-state index is 0.382. The van der Waals surface area contributed by atoms with Crippen LogP contribution in [0.25, 0.3) is 11.3 Å². The van der Waals surface area contributed by atoms with Crippen LogP contribution < -0.4 is 15.2 Å². The van der Waals surface area contributed by atoms with E-state index in [1.807, 2.05) is 30.3 Å². The van der Waals surface area contributed by atoms with E-state index in [9.17, 15) is 0 Å². The molecule has 0 bridgehead atoms. The molecule has 0 fully saturated rings. The standard InChI is InChI=1S/C13H15N3O2/c1-17-10-4-5-11(13(7-10)18-2)12-6-3-9(8-14)15-16-12/h3-7H,8,14H2,1-2H3. The van der Waals surface area contributed by atoms with Crippen LogP contribution in [0.15, 0.2) is 30.3 Å². The van der Waals surface area contributed by atoms with E-state index in [0.717, 1.165) is 22.7 Å². The predicted molar refractivity (Wildman–Crippen MR) is 68.5 cm³/mol. The van der Waals surface area contributed by atoms with Gasteiger partial charge in [-0.05, 0) is 24.3 Å². The first kappa shape index (κ1) is 12.3. The summed E-state index contributed by atoms with van der Waals surface area (Å²) in [5.41, 5.74) is 7.86. The molecule has 1 aromatic carbocycles.